The van der Waals surface area contributed by atoms with E-state index in [1.807, 2.05) is 0 Å². The Morgan fingerprint density at radius 3 is 3.00 bits per heavy atom. The predicted octanol–water partition coefficient (Wildman–Crippen LogP) is -0.252. The Labute approximate surface area is 94.9 Å². The molecule has 7 heteroatoms. The largest absolute Gasteiger partial charge is 0.313 e. The smallest absolute Gasteiger partial charge is 0.244 e. The molecule has 1 aromatic heterocycles. The van der Waals surface area contributed by atoms with Crippen LogP contribution in [0.2, 0.25) is 0 Å². The molecule has 1 aliphatic heterocycles. The van der Waals surface area contributed by atoms with Crippen LogP contribution in [0.4, 0.5) is 0 Å². The molecule has 1 fully saturated rings. The van der Waals surface area contributed by atoms with Crippen LogP contribution in [0, 0.1) is 6.92 Å². The first-order chi connectivity index (χ1) is 7.59. The van der Waals surface area contributed by atoms with Crippen molar-refractivity contribution in [3.63, 3.8) is 0 Å². The third kappa shape index (κ3) is 2.42. The lowest BCUT2D eigenvalue weighted by molar-refractivity contribution is 0.551. The molecule has 3 N–H and O–H groups in total. The summed E-state index contributed by atoms with van der Waals surface area (Å²) in [6, 6.07) is 0.252. The van der Waals surface area contributed by atoms with Crippen LogP contribution in [-0.2, 0) is 10.0 Å². The minimum atomic E-state index is -3.42. The van der Waals surface area contributed by atoms with Gasteiger partial charge < -0.3 is 5.32 Å². The normalized spacial score (nSPS) is 21.4. The van der Waals surface area contributed by atoms with Crippen molar-refractivity contribution in [1.82, 2.24) is 20.2 Å². The van der Waals surface area contributed by atoms with Crippen molar-refractivity contribution in [3.8, 4) is 0 Å². The molecule has 1 unspecified atom stereocenters. The lowest BCUT2D eigenvalue weighted by Gasteiger charge is -2.11. The van der Waals surface area contributed by atoms with E-state index < -0.39 is 10.0 Å². The predicted molar refractivity (Wildman–Crippen MR) is 59.5 cm³/mol. The third-order valence-corrected chi connectivity index (χ3v) is 4.29. The number of H-pyrrole nitrogens is 1. The van der Waals surface area contributed by atoms with Gasteiger partial charge in [0.1, 0.15) is 4.90 Å². The highest BCUT2D eigenvalue weighted by Gasteiger charge is 2.21. The van der Waals surface area contributed by atoms with Crippen LogP contribution in [0.5, 0.6) is 0 Å². The van der Waals surface area contributed by atoms with Crippen LogP contribution in [-0.4, -0.2) is 37.7 Å². The zero-order valence-electron chi connectivity index (χ0n) is 9.16. The van der Waals surface area contributed by atoms with Crippen molar-refractivity contribution in [1.29, 1.82) is 0 Å². The quantitative estimate of drug-likeness (QED) is 0.681. The molecule has 2 heterocycles. The molecule has 0 bridgehead atoms. The molecule has 1 aliphatic rings. The van der Waals surface area contributed by atoms with Gasteiger partial charge in [-0.2, -0.15) is 5.10 Å². The maximum atomic E-state index is 11.9. The van der Waals surface area contributed by atoms with Crippen molar-refractivity contribution < 1.29 is 8.42 Å². The van der Waals surface area contributed by atoms with Crippen LogP contribution in [0.1, 0.15) is 18.5 Å². The van der Waals surface area contributed by atoms with Gasteiger partial charge in [0.05, 0.1) is 11.9 Å². The van der Waals surface area contributed by atoms with Crippen LogP contribution >= 0.6 is 0 Å². The standard InChI is InChI=1S/C9H16N4O2S/c1-7-9(6-11-13-7)16(14,15)12-5-8-3-2-4-10-8/h6,8,10,12H,2-5H2,1H3,(H,11,13). The maximum absolute atomic E-state index is 11.9. The van der Waals surface area contributed by atoms with Crippen LogP contribution < -0.4 is 10.0 Å². The fraction of sp³-hybridized carbons (Fsp3) is 0.667. The van der Waals surface area contributed by atoms with Gasteiger partial charge in [0, 0.05) is 12.6 Å². The number of hydrogen-bond acceptors (Lipinski definition) is 4. The Kier molecular flexibility index (Phi) is 3.27. The lowest BCUT2D eigenvalue weighted by atomic mass is 10.2. The topological polar surface area (TPSA) is 86.9 Å². The Morgan fingerprint density at radius 1 is 1.62 bits per heavy atom. The molecule has 0 saturated carbocycles. The average Bonchev–Trinajstić information content (AvgIpc) is 2.85. The van der Waals surface area contributed by atoms with Crippen molar-refractivity contribution in [2.75, 3.05) is 13.1 Å². The number of hydrogen-bond donors (Lipinski definition) is 3. The number of nitrogens with one attached hydrogen (secondary N) is 3. The Bertz CT molecular complexity index is 448. The van der Waals surface area contributed by atoms with E-state index in [1.165, 1.54) is 6.20 Å². The van der Waals surface area contributed by atoms with E-state index in [9.17, 15) is 8.42 Å². The SMILES string of the molecule is Cc1[nH]ncc1S(=O)(=O)NCC1CCCN1. The second kappa shape index (κ2) is 4.52. The van der Waals surface area contributed by atoms with Crippen LogP contribution in [0.3, 0.4) is 0 Å². The Balaban J connectivity index is 2.00. The summed E-state index contributed by atoms with van der Waals surface area (Å²) in [5, 5.41) is 9.56. The summed E-state index contributed by atoms with van der Waals surface area (Å²) in [7, 11) is -3.42. The minimum absolute atomic E-state index is 0.227. The fourth-order valence-corrected chi connectivity index (χ4v) is 3.05. The highest BCUT2D eigenvalue weighted by molar-refractivity contribution is 7.89. The summed E-state index contributed by atoms with van der Waals surface area (Å²) < 4.78 is 26.3. The molecule has 0 aromatic carbocycles. The first-order valence-electron chi connectivity index (χ1n) is 5.32. The molecule has 16 heavy (non-hydrogen) atoms. The van der Waals surface area contributed by atoms with E-state index in [4.69, 9.17) is 0 Å². The van der Waals surface area contributed by atoms with E-state index in [1.54, 1.807) is 6.92 Å². The molecule has 0 aliphatic carbocycles. The maximum Gasteiger partial charge on any atom is 0.244 e. The van der Waals surface area contributed by atoms with E-state index in [0.29, 0.717) is 12.2 Å². The third-order valence-electron chi connectivity index (χ3n) is 2.76. The highest BCUT2D eigenvalue weighted by atomic mass is 32.2. The van der Waals surface area contributed by atoms with E-state index in [-0.39, 0.29) is 10.9 Å². The van der Waals surface area contributed by atoms with Gasteiger partial charge in [-0.15, -0.1) is 0 Å². The van der Waals surface area contributed by atoms with Crippen LogP contribution in [0.25, 0.3) is 0 Å². The van der Waals surface area contributed by atoms with Gasteiger partial charge in [0.2, 0.25) is 10.0 Å². The zero-order chi connectivity index (χ0) is 11.6. The number of aryl methyl sites for hydroxylation is 1. The van der Waals surface area contributed by atoms with Crippen molar-refractivity contribution in [2.45, 2.75) is 30.7 Å². The number of aromatic nitrogens is 2. The Hall–Kier alpha value is -0.920. The molecular formula is C9H16N4O2S. The number of nitrogens with zero attached hydrogens (tertiary/aromatic N) is 1. The summed E-state index contributed by atoms with van der Waals surface area (Å²) in [4.78, 5) is 0.227. The summed E-state index contributed by atoms with van der Waals surface area (Å²) in [5.41, 5.74) is 0.562. The van der Waals surface area contributed by atoms with Gasteiger partial charge in [0.25, 0.3) is 0 Å². The molecule has 0 radical (unpaired) electrons. The first kappa shape index (κ1) is 11.6. The average molecular weight is 244 g/mol. The Morgan fingerprint density at radius 2 is 2.44 bits per heavy atom. The summed E-state index contributed by atoms with van der Waals surface area (Å²) in [6.07, 6.45) is 3.46. The summed E-state index contributed by atoms with van der Waals surface area (Å²) in [5.74, 6) is 0. The van der Waals surface area contributed by atoms with Crippen molar-refractivity contribution >= 4 is 10.0 Å². The molecule has 1 aromatic rings. The van der Waals surface area contributed by atoms with Crippen molar-refractivity contribution in [3.05, 3.63) is 11.9 Å². The van der Waals surface area contributed by atoms with Gasteiger partial charge in [-0.3, -0.25) is 5.10 Å². The molecule has 90 valence electrons. The minimum Gasteiger partial charge on any atom is -0.313 e. The number of rotatable bonds is 4. The van der Waals surface area contributed by atoms with E-state index in [2.05, 4.69) is 20.2 Å². The molecule has 1 atom stereocenters. The van der Waals surface area contributed by atoms with Crippen molar-refractivity contribution in [2.24, 2.45) is 0 Å². The van der Waals surface area contributed by atoms with Gasteiger partial charge >= 0.3 is 0 Å². The number of sulfonamides is 1. The molecule has 0 spiro atoms. The molecular weight excluding hydrogens is 228 g/mol. The zero-order valence-corrected chi connectivity index (χ0v) is 9.97. The van der Waals surface area contributed by atoms with Gasteiger partial charge in [-0.25, -0.2) is 13.1 Å². The fourth-order valence-electron chi connectivity index (χ4n) is 1.83. The van der Waals surface area contributed by atoms with E-state index >= 15 is 0 Å². The summed E-state index contributed by atoms with van der Waals surface area (Å²) in [6.45, 7) is 3.10. The number of aromatic amines is 1. The second-order valence-electron chi connectivity index (χ2n) is 4.00. The van der Waals surface area contributed by atoms with Gasteiger partial charge in [-0.05, 0) is 26.3 Å². The van der Waals surface area contributed by atoms with Gasteiger partial charge in [-0.1, -0.05) is 0 Å². The molecule has 2 rings (SSSR count). The van der Waals surface area contributed by atoms with E-state index in [0.717, 1.165) is 19.4 Å². The molecule has 6 nitrogen and oxygen atoms in total. The lowest BCUT2D eigenvalue weighted by Crippen LogP contribution is -2.37. The monoisotopic (exact) mass is 244 g/mol. The second-order valence-corrected chi connectivity index (χ2v) is 5.74. The van der Waals surface area contributed by atoms with Crippen LogP contribution in [0.15, 0.2) is 11.1 Å². The van der Waals surface area contributed by atoms with Gasteiger partial charge in [0.15, 0.2) is 0 Å². The highest BCUT2D eigenvalue weighted by Crippen LogP contribution is 2.11. The molecule has 1 saturated heterocycles. The molecule has 0 amide bonds. The summed E-state index contributed by atoms with van der Waals surface area (Å²) >= 11 is 0. The first-order valence-corrected chi connectivity index (χ1v) is 6.81.